The van der Waals surface area contributed by atoms with E-state index in [9.17, 15) is 19.2 Å². The van der Waals surface area contributed by atoms with Crippen molar-refractivity contribution in [1.29, 1.82) is 0 Å². The zero-order valence-corrected chi connectivity index (χ0v) is 17.6. The highest BCUT2D eigenvalue weighted by Crippen LogP contribution is 2.33. The van der Waals surface area contributed by atoms with E-state index in [4.69, 9.17) is 9.47 Å². The molecular formula is C22H24N2O6. The minimum Gasteiger partial charge on any atom is -0.475 e. The number of carbonyl (C=O) groups excluding carboxylic acids is 4. The average molecular weight is 412 g/mol. The number of ether oxygens (including phenoxy) is 2. The third-order valence-corrected chi connectivity index (χ3v) is 5.11. The van der Waals surface area contributed by atoms with Gasteiger partial charge in [0.1, 0.15) is 5.75 Å². The third kappa shape index (κ3) is 3.85. The molecule has 0 radical (unpaired) electrons. The molecule has 1 N–H and O–H groups in total. The Morgan fingerprint density at radius 2 is 1.83 bits per heavy atom. The van der Waals surface area contributed by atoms with E-state index < -0.39 is 24.0 Å². The minimum atomic E-state index is -1.10. The summed E-state index contributed by atoms with van der Waals surface area (Å²) in [7, 11) is 0. The number of aromatic nitrogens is 1. The maximum absolute atomic E-state index is 12.8. The number of aryl methyl sites for hydroxylation is 1. The van der Waals surface area contributed by atoms with Crippen molar-refractivity contribution < 1.29 is 28.7 Å². The number of nitrogens with zero attached hydrogens (tertiary/aromatic N) is 1. The first-order valence-corrected chi connectivity index (χ1v) is 9.60. The lowest BCUT2D eigenvalue weighted by Gasteiger charge is -2.33. The Kier molecular flexibility index (Phi) is 5.78. The van der Waals surface area contributed by atoms with Gasteiger partial charge in [0.15, 0.2) is 11.9 Å². The van der Waals surface area contributed by atoms with Crippen LogP contribution < -0.4 is 9.64 Å². The van der Waals surface area contributed by atoms with Crippen LogP contribution in [0.2, 0.25) is 0 Å². The van der Waals surface area contributed by atoms with Gasteiger partial charge in [-0.05, 0) is 45.4 Å². The molecule has 0 saturated heterocycles. The van der Waals surface area contributed by atoms with E-state index >= 15 is 0 Å². The monoisotopic (exact) mass is 412 g/mol. The first-order valence-electron chi connectivity index (χ1n) is 9.60. The van der Waals surface area contributed by atoms with Crippen LogP contribution in [0.5, 0.6) is 5.75 Å². The van der Waals surface area contributed by atoms with Crippen molar-refractivity contribution in [3.05, 3.63) is 46.8 Å². The van der Waals surface area contributed by atoms with Crippen LogP contribution >= 0.6 is 0 Å². The molecular weight excluding hydrogens is 388 g/mol. The number of amides is 1. The first-order chi connectivity index (χ1) is 14.1. The van der Waals surface area contributed by atoms with E-state index in [0.29, 0.717) is 28.3 Å². The second-order valence-corrected chi connectivity index (χ2v) is 7.33. The van der Waals surface area contributed by atoms with Gasteiger partial charge in [-0.15, -0.1) is 0 Å². The van der Waals surface area contributed by atoms with Crippen LogP contribution in [0.25, 0.3) is 0 Å². The van der Waals surface area contributed by atoms with Gasteiger partial charge in [0.2, 0.25) is 17.8 Å². The number of para-hydroxylation sites is 2. The lowest BCUT2D eigenvalue weighted by atomic mass is 10.0. The van der Waals surface area contributed by atoms with Gasteiger partial charge in [0.05, 0.1) is 17.9 Å². The van der Waals surface area contributed by atoms with Gasteiger partial charge in [-0.1, -0.05) is 12.1 Å². The number of hydrogen-bond acceptors (Lipinski definition) is 6. The number of ketones is 2. The Morgan fingerprint density at radius 1 is 1.17 bits per heavy atom. The lowest BCUT2D eigenvalue weighted by Crippen LogP contribution is -2.48. The van der Waals surface area contributed by atoms with Gasteiger partial charge in [0.25, 0.3) is 0 Å². The molecule has 2 aromatic rings. The van der Waals surface area contributed by atoms with Crippen molar-refractivity contribution >= 4 is 29.1 Å². The summed E-state index contributed by atoms with van der Waals surface area (Å²) in [5.74, 6) is -1.19. The fourth-order valence-electron chi connectivity index (χ4n) is 3.69. The zero-order chi connectivity index (χ0) is 22.2. The number of esters is 1. The SMILES string of the molecule is CC(=O)c1c(C)[nH]c(C(=O)[C@@H](C)OC(=O)[C@@H]2CN(C(C)=O)c3ccccc3O2)c1C. The van der Waals surface area contributed by atoms with Crippen LogP contribution in [0.15, 0.2) is 24.3 Å². The van der Waals surface area contributed by atoms with Crippen molar-refractivity contribution in [1.82, 2.24) is 4.98 Å². The van der Waals surface area contributed by atoms with Gasteiger partial charge < -0.3 is 19.4 Å². The number of carbonyl (C=O) groups is 4. The largest absolute Gasteiger partial charge is 0.475 e. The number of benzene rings is 1. The number of nitrogens with one attached hydrogen (secondary N) is 1. The van der Waals surface area contributed by atoms with Crippen LogP contribution in [-0.4, -0.2) is 47.2 Å². The van der Waals surface area contributed by atoms with Gasteiger partial charge >= 0.3 is 5.97 Å². The molecule has 1 amide bonds. The number of hydrogen-bond donors (Lipinski definition) is 1. The number of Topliss-reactive ketones (excluding diaryl/α,β-unsaturated/α-hetero) is 2. The van der Waals surface area contributed by atoms with Crippen LogP contribution in [0.3, 0.4) is 0 Å². The molecule has 8 nitrogen and oxygen atoms in total. The van der Waals surface area contributed by atoms with Crippen LogP contribution in [0.1, 0.15) is 52.9 Å². The molecule has 8 heteroatoms. The highest BCUT2D eigenvalue weighted by molar-refractivity contribution is 6.05. The molecule has 0 unspecified atom stereocenters. The zero-order valence-electron chi connectivity index (χ0n) is 17.6. The first kappa shape index (κ1) is 21.3. The fourth-order valence-corrected chi connectivity index (χ4v) is 3.69. The van der Waals surface area contributed by atoms with E-state index in [1.165, 1.54) is 25.7 Å². The molecule has 1 aromatic carbocycles. The molecule has 158 valence electrons. The van der Waals surface area contributed by atoms with Crippen molar-refractivity contribution in [2.24, 2.45) is 0 Å². The maximum atomic E-state index is 12.8. The van der Waals surface area contributed by atoms with Crippen LogP contribution in [0, 0.1) is 13.8 Å². The maximum Gasteiger partial charge on any atom is 0.349 e. The molecule has 0 aliphatic carbocycles. The quantitative estimate of drug-likeness (QED) is 0.598. The summed E-state index contributed by atoms with van der Waals surface area (Å²) in [6.45, 7) is 7.66. The topological polar surface area (TPSA) is 106 Å². The van der Waals surface area contributed by atoms with E-state index in [1.54, 1.807) is 38.1 Å². The van der Waals surface area contributed by atoms with E-state index in [0.717, 1.165) is 0 Å². The summed E-state index contributed by atoms with van der Waals surface area (Å²) in [5, 5.41) is 0. The Morgan fingerprint density at radius 3 is 2.43 bits per heavy atom. The summed E-state index contributed by atoms with van der Waals surface area (Å²) >= 11 is 0. The third-order valence-electron chi connectivity index (χ3n) is 5.11. The van der Waals surface area contributed by atoms with Crippen molar-refractivity contribution in [3.63, 3.8) is 0 Å². The molecule has 0 bridgehead atoms. The van der Waals surface area contributed by atoms with E-state index in [-0.39, 0.29) is 23.9 Å². The highest BCUT2D eigenvalue weighted by Gasteiger charge is 2.35. The standard InChI is InChI=1S/C22H24N2O6/c1-11-19(13(3)25)12(2)23-20(11)21(27)14(4)29-22(28)18-10-24(15(5)26)16-8-6-7-9-17(16)30-18/h6-9,14,18,23H,10H2,1-5H3/t14-,18+/m1/s1. The number of fused-ring (bicyclic) bond motifs is 1. The average Bonchev–Trinajstić information content (AvgIpc) is 3.00. The molecule has 0 fully saturated rings. The summed E-state index contributed by atoms with van der Waals surface area (Å²) < 4.78 is 11.1. The molecule has 1 aromatic heterocycles. The summed E-state index contributed by atoms with van der Waals surface area (Å²) in [6, 6.07) is 6.90. The molecule has 1 aliphatic heterocycles. The molecule has 30 heavy (non-hydrogen) atoms. The molecule has 0 saturated carbocycles. The van der Waals surface area contributed by atoms with E-state index in [2.05, 4.69) is 4.98 Å². The van der Waals surface area contributed by atoms with Crippen molar-refractivity contribution in [2.45, 2.75) is 46.8 Å². The Bertz CT molecular complexity index is 1040. The van der Waals surface area contributed by atoms with Crippen LogP contribution in [-0.2, 0) is 14.3 Å². The summed E-state index contributed by atoms with van der Waals surface area (Å²) in [4.78, 5) is 53.7. The highest BCUT2D eigenvalue weighted by atomic mass is 16.6. The molecule has 3 rings (SSSR count). The second kappa shape index (κ2) is 8.14. The molecule has 1 aliphatic rings. The van der Waals surface area contributed by atoms with Crippen molar-refractivity contribution in [3.8, 4) is 5.75 Å². The molecule has 0 spiro atoms. The van der Waals surface area contributed by atoms with Crippen molar-refractivity contribution in [2.75, 3.05) is 11.4 Å². The minimum absolute atomic E-state index is 0.0127. The fraction of sp³-hybridized carbons (Fsp3) is 0.364. The number of rotatable bonds is 5. The molecule has 2 atom stereocenters. The van der Waals surface area contributed by atoms with Gasteiger partial charge in [-0.2, -0.15) is 0 Å². The second-order valence-electron chi connectivity index (χ2n) is 7.33. The Balaban J connectivity index is 1.76. The van der Waals surface area contributed by atoms with Gasteiger partial charge in [-0.3, -0.25) is 14.4 Å². The smallest absolute Gasteiger partial charge is 0.349 e. The lowest BCUT2D eigenvalue weighted by molar-refractivity contribution is -0.154. The number of aromatic amines is 1. The predicted molar refractivity (Wildman–Crippen MR) is 109 cm³/mol. The van der Waals surface area contributed by atoms with Gasteiger partial charge in [0, 0.05) is 18.2 Å². The van der Waals surface area contributed by atoms with Gasteiger partial charge in [-0.25, -0.2) is 4.79 Å². The molecule has 2 heterocycles. The Hall–Kier alpha value is -3.42. The van der Waals surface area contributed by atoms with Crippen LogP contribution in [0.4, 0.5) is 5.69 Å². The predicted octanol–water partition coefficient (Wildman–Crippen LogP) is 2.76. The van der Waals surface area contributed by atoms with E-state index in [1.807, 2.05) is 0 Å². The number of anilines is 1. The number of H-pyrrole nitrogens is 1. The summed E-state index contributed by atoms with van der Waals surface area (Å²) in [6.07, 6.45) is -2.15. The Labute approximate surface area is 174 Å². The summed E-state index contributed by atoms with van der Waals surface area (Å²) in [5.41, 5.74) is 2.39. The normalized spacial score (nSPS) is 16.3.